The molecule has 0 radical (unpaired) electrons. The number of halogens is 3. The van der Waals surface area contributed by atoms with Crippen LogP contribution < -0.4 is 0 Å². The van der Waals surface area contributed by atoms with E-state index in [1.165, 1.54) is 21.3 Å². The lowest BCUT2D eigenvalue weighted by Gasteiger charge is -2.28. The van der Waals surface area contributed by atoms with Gasteiger partial charge in [0.2, 0.25) is 0 Å². The van der Waals surface area contributed by atoms with E-state index >= 15 is 0 Å². The monoisotopic (exact) mass is 286 g/mol. The Balaban J connectivity index is 3.50. The van der Waals surface area contributed by atoms with Crippen LogP contribution in [0.1, 0.15) is 51.4 Å². The second kappa shape index (κ2) is 9.55. The SMILES string of the molecule is COC(CCCCCCCCC(F)(F)F)(OC)OC. The summed E-state index contributed by atoms with van der Waals surface area (Å²) in [4.78, 5) is 0. The van der Waals surface area contributed by atoms with Gasteiger partial charge in [0.25, 0.3) is 5.97 Å². The third-order valence-corrected chi connectivity index (χ3v) is 3.13. The van der Waals surface area contributed by atoms with Gasteiger partial charge < -0.3 is 14.2 Å². The summed E-state index contributed by atoms with van der Waals surface area (Å²) in [7, 11) is 4.55. The first-order valence-electron chi connectivity index (χ1n) is 6.61. The van der Waals surface area contributed by atoms with Crippen molar-refractivity contribution >= 4 is 0 Å². The highest BCUT2D eigenvalue weighted by Gasteiger charge is 2.28. The number of unbranched alkanes of at least 4 members (excludes halogenated alkanes) is 5. The van der Waals surface area contributed by atoms with Crippen LogP contribution in [0.15, 0.2) is 0 Å². The fourth-order valence-corrected chi connectivity index (χ4v) is 1.93. The predicted molar refractivity (Wildman–Crippen MR) is 66.7 cm³/mol. The Morgan fingerprint density at radius 3 is 1.37 bits per heavy atom. The Labute approximate surface area is 113 Å². The molecule has 0 aliphatic carbocycles. The van der Waals surface area contributed by atoms with Gasteiger partial charge in [-0.3, -0.25) is 0 Å². The molecule has 0 aromatic carbocycles. The minimum atomic E-state index is -4.02. The van der Waals surface area contributed by atoms with Crippen LogP contribution in [0, 0.1) is 0 Å². The fraction of sp³-hybridized carbons (Fsp3) is 1.00. The molecule has 0 saturated carbocycles. The molecule has 0 atom stereocenters. The minimum Gasteiger partial charge on any atom is -0.331 e. The molecular weight excluding hydrogens is 261 g/mol. The molecule has 0 aromatic rings. The normalized spacial score (nSPS) is 12.9. The summed E-state index contributed by atoms with van der Waals surface area (Å²) in [5, 5.41) is 0. The fourth-order valence-electron chi connectivity index (χ4n) is 1.93. The molecule has 0 rings (SSSR count). The van der Waals surface area contributed by atoms with Gasteiger partial charge in [-0.25, -0.2) is 0 Å². The first kappa shape index (κ1) is 18.7. The van der Waals surface area contributed by atoms with Crippen LogP contribution >= 0.6 is 0 Å². The molecule has 6 heteroatoms. The first-order valence-corrected chi connectivity index (χ1v) is 6.61. The molecule has 0 aromatic heterocycles. The van der Waals surface area contributed by atoms with Gasteiger partial charge in [-0.1, -0.05) is 25.7 Å². The molecule has 0 aliphatic heterocycles. The Morgan fingerprint density at radius 2 is 1.00 bits per heavy atom. The zero-order valence-electron chi connectivity index (χ0n) is 12.0. The van der Waals surface area contributed by atoms with Crippen molar-refractivity contribution in [3.8, 4) is 0 Å². The lowest BCUT2D eigenvalue weighted by molar-refractivity contribution is -0.355. The van der Waals surface area contributed by atoms with Crippen molar-refractivity contribution in [1.29, 1.82) is 0 Å². The number of methoxy groups -OCH3 is 3. The van der Waals surface area contributed by atoms with E-state index in [-0.39, 0.29) is 6.42 Å². The minimum absolute atomic E-state index is 0.224. The molecule has 3 nitrogen and oxygen atoms in total. The number of ether oxygens (including phenoxy) is 3. The summed E-state index contributed by atoms with van der Waals surface area (Å²) < 4.78 is 51.1. The van der Waals surface area contributed by atoms with Gasteiger partial charge in [-0.05, 0) is 12.8 Å². The van der Waals surface area contributed by atoms with E-state index in [1.54, 1.807) is 0 Å². The predicted octanol–water partition coefficient (Wildman–Crippen LogP) is 4.26. The molecule has 0 spiro atoms. The zero-order chi connectivity index (χ0) is 14.8. The molecular formula is C13H25F3O3. The van der Waals surface area contributed by atoms with Gasteiger partial charge >= 0.3 is 6.18 Å². The number of alkyl halides is 3. The molecule has 0 N–H and O–H groups in total. The highest BCUT2D eigenvalue weighted by molar-refractivity contribution is 4.57. The summed E-state index contributed by atoms with van der Waals surface area (Å²) in [6.07, 6.45) is 0.312. The molecule has 0 amide bonds. The van der Waals surface area contributed by atoms with Crippen LogP contribution in [-0.4, -0.2) is 33.5 Å². The quantitative estimate of drug-likeness (QED) is 0.419. The second-order valence-electron chi connectivity index (χ2n) is 4.53. The van der Waals surface area contributed by atoms with Gasteiger partial charge in [0.05, 0.1) is 0 Å². The van der Waals surface area contributed by atoms with Crippen molar-refractivity contribution in [2.45, 2.75) is 63.5 Å². The number of hydrogen-bond donors (Lipinski definition) is 0. The van der Waals surface area contributed by atoms with Gasteiger partial charge in [-0.2, -0.15) is 13.2 Å². The van der Waals surface area contributed by atoms with Gasteiger partial charge in [0.15, 0.2) is 0 Å². The largest absolute Gasteiger partial charge is 0.389 e. The lowest BCUT2D eigenvalue weighted by Crippen LogP contribution is -2.35. The van der Waals surface area contributed by atoms with E-state index in [2.05, 4.69) is 0 Å². The van der Waals surface area contributed by atoms with Crippen LogP contribution in [0.2, 0.25) is 0 Å². The molecule has 19 heavy (non-hydrogen) atoms. The zero-order valence-corrected chi connectivity index (χ0v) is 12.0. The maximum atomic E-state index is 11.9. The van der Waals surface area contributed by atoms with Crippen molar-refractivity contribution in [3.05, 3.63) is 0 Å². The summed E-state index contributed by atoms with van der Waals surface area (Å²) >= 11 is 0. The highest BCUT2D eigenvalue weighted by Crippen LogP contribution is 2.24. The topological polar surface area (TPSA) is 27.7 Å². The maximum absolute atomic E-state index is 11.9. The van der Waals surface area contributed by atoms with E-state index in [1.807, 2.05) is 0 Å². The van der Waals surface area contributed by atoms with Crippen LogP contribution in [0.25, 0.3) is 0 Å². The molecule has 0 heterocycles. The van der Waals surface area contributed by atoms with Crippen molar-refractivity contribution in [3.63, 3.8) is 0 Å². The summed E-state index contributed by atoms with van der Waals surface area (Å²) in [5.74, 6) is -0.990. The third-order valence-electron chi connectivity index (χ3n) is 3.13. The molecule has 0 fully saturated rings. The summed E-state index contributed by atoms with van der Waals surface area (Å²) in [6, 6.07) is 0. The van der Waals surface area contributed by atoms with E-state index in [9.17, 15) is 13.2 Å². The standard InChI is InChI=1S/C13H25F3O3/c1-17-13(18-2,19-3)11-9-7-5-4-6-8-10-12(14,15)16/h4-11H2,1-3H3. The number of rotatable bonds is 11. The number of hydrogen-bond acceptors (Lipinski definition) is 3. The van der Waals surface area contributed by atoms with E-state index in [0.29, 0.717) is 12.8 Å². The van der Waals surface area contributed by atoms with Crippen LogP contribution in [0.4, 0.5) is 13.2 Å². The average Bonchev–Trinajstić information content (AvgIpc) is 2.37. The van der Waals surface area contributed by atoms with E-state index in [0.717, 1.165) is 25.7 Å². The van der Waals surface area contributed by atoms with Crippen LogP contribution in [0.5, 0.6) is 0 Å². The second-order valence-corrected chi connectivity index (χ2v) is 4.53. The van der Waals surface area contributed by atoms with E-state index in [4.69, 9.17) is 14.2 Å². The van der Waals surface area contributed by atoms with Gasteiger partial charge in [-0.15, -0.1) is 0 Å². The van der Waals surface area contributed by atoms with Crippen molar-refractivity contribution in [2.24, 2.45) is 0 Å². The summed E-state index contributed by atoms with van der Waals surface area (Å²) in [6.45, 7) is 0. The maximum Gasteiger partial charge on any atom is 0.389 e. The van der Waals surface area contributed by atoms with Crippen LogP contribution in [-0.2, 0) is 14.2 Å². The smallest absolute Gasteiger partial charge is 0.331 e. The third kappa shape index (κ3) is 9.24. The Bertz CT molecular complexity index is 207. The van der Waals surface area contributed by atoms with Gasteiger partial charge in [0.1, 0.15) is 0 Å². The Hall–Kier alpha value is -0.330. The lowest BCUT2D eigenvalue weighted by atomic mass is 10.1. The molecule has 0 aliphatic rings. The van der Waals surface area contributed by atoms with Crippen molar-refractivity contribution < 1.29 is 27.4 Å². The molecule has 0 unspecified atom stereocenters. The summed E-state index contributed by atoms with van der Waals surface area (Å²) in [5.41, 5.74) is 0. The van der Waals surface area contributed by atoms with Crippen molar-refractivity contribution in [1.82, 2.24) is 0 Å². The van der Waals surface area contributed by atoms with E-state index < -0.39 is 18.6 Å². The van der Waals surface area contributed by atoms with Crippen molar-refractivity contribution in [2.75, 3.05) is 21.3 Å². The highest BCUT2D eigenvalue weighted by atomic mass is 19.4. The molecule has 0 bridgehead atoms. The van der Waals surface area contributed by atoms with Gasteiger partial charge in [0, 0.05) is 34.2 Å². The average molecular weight is 286 g/mol. The molecule has 116 valence electrons. The van der Waals surface area contributed by atoms with Crippen LogP contribution in [0.3, 0.4) is 0 Å². The molecule has 0 saturated heterocycles. The first-order chi connectivity index (χ1) is 8.89. The Morgan fingerprint density at radius 1 is 0.632 bits per heavy atom. The Kier molecular flexibility index (Phi) is 9.39.